The largest absolute Gasteiger partial charge is 0.341 e. The Labute approximate surface area is 122 Å². The molecule has 0 unspecified atom stereocenters. The molecular weight excluding hydrogens is 248 g/mol. The van der Waals surface area contributed by atoms with Gasteiger partial charge in [-0.3, -0.25) is 4.79 Å². The molecule has 1 aromatic carbocycles. The average Bonchev–Trinajstić information content (AvgIpc) is 2.64. The summed E-state index contributed by atoms with van der Waals surface area (Å²) in [6.45, 7) is 7.85. The fourth-order valence-corrected chi connectivity index (χ4v) is 2.72. The van der Waals surface area contributed by atoms with Crippen molar-refractivity contribution >= 4 is 5.91 Å². The number of hydrogen-bond acceptors (Lipinski definition) is 2. The van der Waals surface area contributed by atoms with Gasteiger partial charge in [-0.25, -0.2) is 0 Å². The van der Waals surface area contributed by atoms with Crippen LogP contribution in [0.15, 0.2) is 18.2 Å². The maximum absolute atomic E-state index is 11.9. The predicted molar refractivity (Wildman–Crippen MR) is 82.7 cm³/mol. The number of rotatable bonds is 5. The van der Waals surface area contributed by atoms with Gasteiger partial charge in [-0.2, -0.15) is 0 Å². The summed E-state index contributed by atoms with van der Waals surface area (Å²) in [4.78, 5) is 13.9. The molecule has 0 radical (unpaired) electrons. The van der Waals surface area contributed by atoms with Gasteiger partial charge in [-0.15, -0.1) is 0 Å². The number of likely N-dealkylation sites (tertiary alicyclic amines) is 1. The molecule has 1 aliphatic heterocycles. The van der Waals surface area contributed by atoms with Crippen LogP contribution in [-0.4, -0.2) is 30.4 Å². The maximum atomic E-state index is 11.9. The fourth-order valence-electron chi connectivity index (χ4n) is 2.72. The summed E-state index contributed by atoms with van der Waals surface area (Å²) >= 11 is 0. The molecule has 1 fully saturated rings. The second-order valence-electron chi connectivity index (χ2n) is 5.73. The summed E-state index contributed by atoms with van der Waals surface area (Å²) in [5.41, 5.74) is 4.06. The Morgan fingerprint density at radius 2 is 2.05 bits per heavy atom. The lowest BCUT2D eigenvalue weighted by Crippen LogP contribution is -2.36. The number of carbonyl (C=O) groups excluding carboxylic acids is 1. The van der Waals surface area contributed by atoms with E-state index in [1.165, 1.54) is 23.1 Å². The summed E-state index contributed by atoms with van der Waals surface area (Å²) < 4.78 is 0. The SMILES string of the molecule is Cc1cccc(CNCCN2CCCCCC2=O)c1C. The molecule has 0 saturated carbocycles. The Bertz CT molecular complexity index is 456. The summed E-state index contributed by atoms with van der Waals surface area (Å²) in [5, 5.41) is 3.46. The number of benzene rings is 1. The molecule has 110 valence electrons. The van der Waals surface area contributed by atoms with E-state index in [4.69, 9.17) is 0 Å². The van der Waals surface area contributed by atoms with Crippen molar-refractivity contribution in [1.29, 1.82) is 0 Å². The van der Waals surface area contributed by atoms with Crippen LogP contribution in [0.2, 0.25) is 0 Å². The predicted octanol–water partition coefficient (Wildman–Crippen LogP) is 2.80. The van der Waals surface area contributed by atoms with Crippen LogP contribution in [0.4, 0.5) is 0 Å². The Hall–Kier alpha value is -1.35. The first-order chi connectivity index (χ1) is 9.68. The van der Waals surface area contributed by atoms with Crippen molar-refractivity contribution in [3.63, 3.8) is 0 Å². The van der Waals surface area contributed by atoms with Gasteiger partial charge in [-0.05, 0) is 43.4 Å². The third kappa shape index (κ3) is 4.07. The molecule has 20 heavy (non-hydrogen) atoms. The van der Waals surface area contributed by atoms with E-state index in [2.05, 4.69) is 37.4 Å². The van der Waals surface area contributed by atoms with E-state index < -0.39 is 0 Å². The molecule has 1 aliphatic rings. The molecule has 1 amide bonds. The van der Waals surface area contributed by atoms with Crippen LogP contribution >= 0.6 is 0 Å². The van der Waals surface area contributed by atoms with Gasteiger partial charge in [0.1, 0.15) is 0 Å². The van der Waals surface area contributed by atoms with Gasteiger partial charge < -0.3 is 10.2 Å². The highest BCUT2D eigenvalue weighted by Crippen LogP contribution is 2.12. The van der Waals surface area contributed by atoms with Crippen molar-refractivity contribution in [2.45, 2.75) is 46.1 Å². The van der Waals surface area contributed by atoms with Crippen LogP contribution in [-0.2, 0) is 11.3 Å². The molecule has 0 aromatic heterocycles. The van der Waals surface area contributed by atoms with Gasteiger partial charge in [0.05, 0.1) is 0 Å². The molecule has 3 nitrogen and oxygen atoms in total. The zero-order valence-corrected chi connectivity index (χ0v) is 12.7. The highest BCUT2D eigenvalue weighted by Gasteiger charge is 2.15. The lowest BCUT2D eigenvalue weighted by Gasteiger charge is -2.20. The minimum absolute atomic E-state index is 0.330. The molecule has 1 saturated heterocycles. The molecular formula is C17H26N2O. The Morgan fingerprint density at radius 1 is 1.20 bits per heavy atom. The number of carbonyl (C=O) groups is 1. The van der Waals surface area contributed by atoms with E-state index in [1.54, 1.807) is 0 Å². The third-order valence-electron chi connectivity index (χ3n) is 4.26. The van der Waals surface area contributed by atoms with Crippen LogP contribution < -0.4 is 5.32 Å². The van der Waals surface area contributed by atoms with Crippen molar-refractivity contribution in [2.75, 3.05) is 19.6 Å². The molecule has 1 aromatic rings. The van der Waals surface area contributed by atoms with E-state index in [1.807, 2.05) is 4.90 Å². The highest BCUT2D eigenvalue weighted by atomic mass is 16.2. The number of aryl methyl sites for hydroxylation is 1. The van der Waals surface area contributed by atoms with Crippen molar-refractivity contribution < 1.29 is 4.79 Å². The first kappa shape index (κ1) is 15.0. The highest BCUT2D eigenvalue weighted by molar-refractivity contribution is 5.76. The molecule has 3 heteroatoms. The van der Waals surface area contributed by atoms with E-state index in [0.29, 0.717) is 5.91 Å². The topological polar surface area (TPSA) is 32.3 Å². The first-order valence-electron chi connectivity index (χ1n) is 7.72. The van der Waals surface area contributed by atoms with Gasteiger partial charge in [0.15, 0.2) is 0 Å². The Morgan fingerprint density at radius 3 is 2.90 bits per heavy atom. The molecule has 1 N–H and O–H groups in total. The summed E-state index contributed by atoms with van der Waals surface area (Å²) in [6.07, 6.45) is 4.14. The smallest absolute Gasteiger partial charge is 0.222 e. The minimum atomic E-state index is 0.330. The van der Waals surface area contributed by atoms with E-state index in [-0.39, 0.29) is 0 Å². The van der Waals surface area contributed by atoms with Crippen molar-refractivity contribution in [3.8, 4) is 0 Å². The van der Waals surface area contributed by atoms with Crippen LogP contribution in [0.5, 0.6) is 0 Å². The average molecular weight is 274 g/mol. The van der Waals surface area contributed by atoms with Gasteiger partial charge >= 0.3 is 0 Å². The van der Waals surface area contributed by atoms with Crippen LogP contribution in [0.3, 0.4) is 0 Å². The minimum Gasteiger partial charge on any atom is -0.341 e. The van der Waals surface area contributed by atoms with E-state index >= 15 is 0 Å². The van der Waals surface area contributed by atoms with E-state index in [0.717, 1.165) is 45.4 Å². The number of amides is 1. The first-order valence-corrected chi connectivity index (χ1v) is 7.72. The van der Waals surface area contributed by atoms with Gasteiger partial charge in [0.2, 0.25) is 5.91 Å². The molecule has 0 spiro atoms. The zero-order chi connectivity index (χ0) is 14.4. The second-order valence-corrected chi connectivity index (χ2v) is 5.73. The molecule has 2 rings (SSSR count). The number of hydrogen-bond donors (Lipinski definition) is 1. The Kier molecular flexibility index (Phi) is 5.60. The number of nitrogens with one attached hydrogen (secondary N) is 1. The summed E-state index contributed by atoms with van der Waals surface area (Å²) in [7, 11) is 0. The van der Waals surface area contributed by atoms with E-state index in [9.17, 15) is 4.79 Å². The fraction of sp³-hybridized carbons (Fsp3) is 0.588. The lowest BCUT2D eigenvalue weighted by molar-refractivity contribution is -0.130. The molecule has 0 bridgehead atoms. The van der Waals surface area contributed by atoms with Gasteiger partial charge in [0.25, 0.3) is 0 Å². The van der Waals surface area contributed by atoms with Crippen LogP contribution in [0.1, 0.15) is 42.4 Å². The van der Waals surface area contributed by atoms with Crippen molar-refractivity contribution in [3.05, 3.63) is 34.9 Å². The normalized spacial score (nSPS) is 16.3. The van der Waals surface area contributed by atoms with Crippen LogP contribution in [0, 0.1) is 13.8 Å². The number of nitrogens with zero attached hydrogens (tertiary/aromatic N) is 1. The van der Waals surface area contributed by atoms with Crippen molar-refractivity contribution in [2.24, 2.45) is 0 Å². The zero-order valence-electron chi connectivity index (χ0n) is 12.7. The molecule has 1 heterocycles. The van der Waals surface area contributed by atoms with Gasteiger partial charge in [0, 0.05) is 32.6 Å². The summed E-state index contributed by atoms with van der Waals surface area (Å²) in [5.74, 6) is 0.330. The monoisotopic (exact) mass is 274 g/mol. The van der Waals surface area contributed by atoms with Crippen LogP contribution in [0.25, 0.3) is 0 Å². The molecule has 0 aliphatic carbocycles. The van der Waals surface area contributed by atoms with Gasteiger partial charge in [-0.1, -0.05) is 24.6 Å². The lowest BCUT2D eigenvalue weighted by atomic mass is 10.0. The summed E-state index contributed by atoms with van der Waals surface area (Å²) in [6, 6.07) is 6.43. The Balaban J connectivity index is 1.75. The maximum Gasteiger partial charge on any atom is 0.222 e. The third-order valence-corrected chi connectivity index (χ3v) is 4.26. The van der Waals surface area contributed by atoms with Crippen molar-refractivity contribution in [1.82, 2.24) is 10.2 Å². The second kappa shape index (κ2) is 7.44. The molecule has 0 atom stereocenters. The quantitative estimate of drug-likeness (QED) is 0.837. The standard InChI is InChI=1S/C17H26N2O/c1-14-7-6-8-16(15(14)2)13-18-10-12-19-11-5-3-4-9-17(19)20/h6-8,18H,3-5,9-13H2,1-2H3.